The molecule has 0 radical (unpaired) electrons. The lowest BCUT2D eigenvalue weighted by Gasteiger charge is -2.21. The molecule has 144 valence electrons. The number of fused-ring (bicyclic) bond motifs is 1. The summed E-state index contributed by atoms with van der Waals surface area (Å²) in [5, 5.41) is 11.0. The van der Waals surface area contributed by atoms with E-state index in [1.807, 2.05) is 0 Å². The molecule has 3 rings (SSSR count). The zero-order valence-electron chi connectivity index (χ0n) is 15.0. The summed E-state index contributed by atoms with van der Waals surface area (Å²) in [4.78, 5) is 41.2. The van der Waals surface area contributed by atoms with Crippen molar-refractivity contribution in [1.82, 2.24) is 14.5 Å². The summed E-state index contributed by atoms with van der Waals surface area (Å²) in [5.41, 5.74) is 0.182. The highest BCUT2D eigenvalue weighted by molar-refractivity contribution is 5.81. The van der Waals surface area contributed by atoms with Gasteiger partial charge < -0.3 is 4.90 Å². The van der Waals surface area contributed by atoms with Crippen molar-refractivity contribution in [1.29, 1.82) is 0 Å². The molecule has 0 spiro atoms. The molecule has 0 saturated heterocycles. The number of carbonyl (C=O) groups excluding carboxylic acids is 1. The van der Waals surface area contributed by atoms with E-state index in [-0.39, 0.29) is 30.1 Å². The van der Waals surface area contributed by atoms with Crippen LogP contribution in [0.2, 0.25) is 0 Å². The van der Waals surface area contributed by atoms with Crippen LogP contribution < -0.4 is 5.56 Å². The molecule has 1 aromatic heterocycles. The summed E-state index contributed by atoms with van der Waals surface area (Å²) in [5.74, 6) is -0.738. The molecular formula is C19H17FN4O4. The fraction of sp³-hybridized carbons (Fsp3) is 0.211. The Labute approximate surface area is 159 Å². The summed E-state index contributed by atoms with van der Waals surface area (Å²) in [7, 11) is 0. The minimum absolute atomic E-state index is 0.0673. The summed E-state index contributed by atoms with van der Waals surface area (Å²) in [6, 6.07) is 9.75. The molecule has 0 N–H and O–H groups in total. The van der Waals surface area contributed by atoms with E-state index >= 15 is 0 Å². The Balaban J connectivity index is 1.85. The smallest absolute Gasteiger partial charge is 0.270 e. The third kappa shape index (κ3) is 4.03. The zero-order valence-corrected chi connectivity index (χ0v) is 15.0. The normalized spacial score (nSPS) is 10.8. The van der Waals surface area contributed by atoms with Gasteiger partial charge in [0.25, 0.3) is 11.2 Å². The molecule has 0 atom stereocenters. The van der Waals surface area contributed by atoms with Gasteiger partial charge in [0.15, 0.2) is 0 Å². The van der Waals surface area contributed by atoms with Crippen molar-refractivity contribution in [3.8, 4) is 0 Å². The van der Waals surface area contributed by atoms with E-state index in [2.05, 4.69) is 4.98 Å². The van der Waals surface area contributed by atoms with E-state index < -0.39 is 16.3 Å². The number of carbonyl (C=O) groups is 1. The Morgan fingerprint density at radius 2 is 2.07 bits per heavy atom. The van der Waals surface area contributed by atoms with E-state index in [9.17, 15) is 24.1 Å². The molecule has 0 aliphatic heterocycles. The number of nitrogens with zero attached hydrogens (tertiary/aromatic N) is 4. The minimum Gasteiger partial charge on any atom is -0.337 e. The van der Waals surface area contributed by atoms with Gasteiger partial charge in [-0.1, -0.05) is 12.1 Å². The van der Waals surface area contributed by atoms with Gasteiger partial charge in [0.05, 0.1) is 22.2 Å². The second kappa shape index (κ2) is 7.95. The molecule has 9 heteroatoms. The second-order valence-corrected chi connectivity index (χ2v) is 6.17. The average molecular weight is 384 g/mol. The fourth-order valence-corrected chi connectivity index (χ4v) is 2.85. The Morgan fingerprint density at radius 1 is 1.29 bits per heavy atom. The van der Waals surface area contributed by atoms with Gasteiger partial charge in [-0.05, 0) is 30.7 Å². The first kappa shape index (κ1) is 19.2. The maximum atomic E-state index is 13.4. The van der Waals surface area contributed by atoms with Gasteiger partial charge in [0.2, 0.25) is 5.91 Å². The zero-order chi connectivity index (χ0) is 20.3. The van der Waals surface area contributed by atoms with Crippen molar-refractivity contribution in [3.63, 3.8) is 0 Å². The first-order valence-corrected chi connectivity index (χ1v) is 8.55. The fourth-order valence-electron chi connectivity index (χ4n) is 2.85. The van der Waals surface area contributed by atoms with Gasteiger partial charge in [-0.3, -0.25) is 24.3 Å². The third-order valence-corrected chi connectivity index (χ3v) is 4.32. The molecule has 1 amide bonds. The molecular weight excluding hydrogens is 367 g/mol. The molecule has 2 aromatic carbocycles. The SMILES string of the molecule is CCN(Cc1cccc(F)c1)C(=O)Cn1cnc2ccc([N+](=O)[O-])cc2c1=O. The van der Waals surface area contributed by atoms with E-state index in [1.54, 1.807) is 19.1 Å². The third-order valence-electron chi connectivity index (χ3n) is 4.32. The number of rotatable bonds is 6. The van der Waals surface area contributed by atoms with E-state index in [4.69, 9.17) is 0 Å². The highest BCUT2D eigenvalue weighted by Crippen LogP contribution is 2.16. The molecule has 0 unspecified atom stereocenters. The number of halogens is 1. The molecule has 0 bridgehead atoms. The topological polar surface area (TPSA) is 98.3 Å². The molecule has 0 saturated carbocycles. The van der Waals surface area contributed by atoms with Crippen LogP contribution in [0.4, 0.5) is 10.1 Å². The predicted molar refractivity (Wildman–Crippen MR) is 100 cm³/mol. The lowest BCUT2D eigenvalue weighted by molar-refractivity contribution is -0.384. The van der Waals surface area contributed by atoms with Crippen molar-refractivity contribution >= 4 is 22.5 Å². The number of nitro benzene ring substituents is 1. The Bertz CT molecular complexity index is 1110. The van der Waals surface area contributed by atoms with E-state index in [0.29, 0.717) is 17.6 Å². The van der Waals surface area contributed by atoms with Gasteiger partial charge in [-0.25, -0.2) is 9.37 Å². The summed E-state index contributed by atoms with van der Waals surface area (Å²) in [6.07, 6.45) is 1.24. The van der Waals surface area contributed by atoms with Crippen molar-refractivity contribution in [2.45, 2.75) is 20.0 Å². The predicted octanol–water partition coefficient (Wildman–Crippen LogP) is 2.49. The second-order valence-electron chi connectivity index (χ2n) is 6.17. The lowest BCUT2D eigenvalue weighted by Crippen LogP contribution is -2.36. The van der Waals surface area contributed by atoms with Crippen LogP contribution in [-0.2, 0) is 17.9 Å². The van der Waals surface area contributed by atoms with Crippen molar-refractivity contribution < 1.29 is 14.1 Å². The van der Waals surface area contributed by atoms with Crippen LogP contribution in [-0.4, -0.2) is 31.8 Å². The molecule has 8 nitrogen and oxygen atoms in total. The van der Waals surface area contributed by atoms with Crippen LogP contribution in [0.1, 0.15) is 12.5 Å². The van der Waals surface area contributed by atoms with Crippen molar-refractivity contribution in [2.24, 2.45) is 0 Å². The quantitative estimate of drug-likeness (QED) is 0.480. The Kier molecular flexibility index (Phi) is 5.44. The maximum Gasteiger partial charge on any atom is 0.270 e. The Hall–Kier alpha value is -3.62. The largest absolute Gasteiger partial charge is 0.337 e. The van der Waals surface area contributed by atoms with Crippen molar-refractivity contribution in [3.05, 3.63) is 80.6 Å². The number of benzene rings is 2. The van der Waals surface area contributed by atoms with Crippen molar-refractivity contribution in [2.75, 3.05) is 6.54 Å². The standard InChI is InChI=1S/C19H17FN4O4/c1-2-22(10-13-4-3-5-14(20)8-13)18(25)11-23-12-21-17-7-6-15(24(27)28)9-16(17)19(23)26/h3-9,12H,2,10-11H2,1H3. The van der Waals surface area contributed by atoms with Crippen LogP contribution in [0.15, 0.2) is 53.6 Å². The number of hydrogen-bond donors (Lipinski definition) is 0. The summed E-state index contributed by atoms with van der Waals surface area (Å²) in [6.45, 7) is 2.08. The highest BCUT2D eigenvalue weighted by Gasteiger charge is 2.16. The minimum atomic E-state index is -0.598. The van der Waals surface area contributed by atoms with Crippen LogP contribution >= 0.6 is 0 Å². The molecule has 0 aliphatic carbocycles. The molecule has 28 heavy (non-hydrogen) atoms. The lowest BCUT2D eigenvalue weighted by atomic mass is 10.2. The maximum absolute atomic E-state index is 13.4. The number of aromatic nitrogens is 2. The number of amides is 1. The first-order chi connectivity index (χ1) is 13.4. The monoisotopic (exact) mass is 384 g/mol. The van der Waals surface area contributed by atoms with Gasteiger partial charge in [0, 0.05) is 25.2 Å². The molecule has 0 fully saturated rings. The van der Waals surface area contributed by atoms with E-state index in [1.165, 1.54) is 35.5 Å². The number of nitro groups is 1. The summed E-state index contributed by atoms with van der Waals surface area (Å²) >= 11 is 0. The number of likely N-dealkylation sites (N-methyl/N-ethyl adjacent to an activating group) is 1. The van der Waals surface area contributed by atoms with Crippen LogP contribution in [0, 0.1) is 15.9 Å². The average Bonchev–Trinajstić information content (AvgIpc) is 2.68. The summed E-state index contributed by atoms with van der Waals surface area (Å²) < 4.78 is 14.5. The molecule has 0 aliphatic rings. The van der Waals surface area contributed by atoms with Gasteiger partial charge >= 0.3 is 0 Å². The van der Waals surface area contributed by atoms with Gasteiger partial charge in [-0.2, -0.15) is 0 Å². The molecule has 1 heterocycles. The highest BCUT2D eigenvalue weighted by atomic mass is 19.1. The first-order valence-electron chi connectivity index (χ1n) is 8.55. The van der Waals surface area contributed by atoms with Gasteiger partial charge in [-0.15, -0.1) is 0 Å². The van der Waals surface area contributed by atoms with Crippen LogP contribution in [0.25, 0.3) is 10.9 Å². The number of non-ortho nitro benzene ring substituents is 1. The Morgan fingerprint density at radius 3 is 2.75 bits per heavy atom. The van der Waals surface area contributed by atoms with Crippen LogP contribution in [0.5, 0.6) is 0 Å². The number of hydrogen-bond acceptors (Lipinski definition) is 5. The van der Waals surface area contributed by atoms with E-state index in [0.717, 1.165) is 10.6 Å². The van der Waals surface area contributed by atoms with Crippen LogP contribution in [0.3, 0.4) is 0 Å². The van der Waals surface area contributed by atoms with Gasteiger partial charge in [0.1, 0.15) is 12.4 Å². The molecule has 3 aromatic rings.